The number of ketones is 1. The number of ether oxygens (including phenoxy) is 1. The normalized spacial score (nSPS) is 15.9. The summed E-state index contributed by atoms with van der Waals surface area (Å²) in [4.78, 5) is 22.5. The average Bonchev–Trinajstić information content (AvgIpc) is 2.26. The maximum absolute atomic E-state index is 11.5. The van der Waals surface area contributed by atoms with Gasteiger partial charge in [0.15, 0.2) is 0 Å². The van der Waals surface area contributed by atoms with Crippen molar-refractivity contribution in [2.24, 2.45) is 17.8 Å². The second kappa shape index (κ2) is 9.08. The quantitative estimate of drug-likeness (QED) is 0.398. The highest BCUT2D eigenvalue weighted by Crippen LogP contribution is 2.17. The summed E-state index contributed by atoms with van der Waals surface area (Å²) >= 11 is 0. The van der Waals surface area contributed by atoms with Crippen LogP contribution in [0.15, 0.2) is 0 Å². The number of aliphatic hydroxyl groups is 1. The van der Waals surface area contributed by atoms with Crippen LogP contribution in [0.1, 0.15) is 60.3 Å². The predicted octanol–water partition coefficient (Wildman–Crippen LogP) is 2.93. The Bertz CT molecular complexity index is 286. The summed E-state index contributed by atoms with van der Waals surface area (Å²) in [5.74, 6) is -0.706. The van der Waals surface area contributed by atoms with Gasteiger partial charge in [-0.1, -0.05) is 40.0 Å². The van der Waals surface area contributed by atoms with Gasteiger partial charge in [-0.2, -0.15) is 0 Å². The van der Waals surface area contributed by atoms with Crippen molar-refractivity contribution in [2.45, 2.75) is 66.6 Å². The molecule has 0 saturated carbocycles. The molecule has 0 bridgehead atoms. The fourth-order valence-corrected chi connectivity index (χ4v) is 1.79. The van der Waals surface area contributed by atoms with Gasteiger partial charge in [-0.3, -0.25) is 9.59 Å². The van der Waals surface area contributed by atoms with Crippen LogP contribution in [0, 0.1) is 17.8 Å². The van der Waals surface area contributed by atoms with Crippen LogP contribution in [0.3, 0.4) is 0 Å². The van der Waals surface area contributed by atoms with Gasteiger partial charge in [0.2, 0.25) is 6.29 Å². The topological polar surface area (TPSA) is 63.6 Å². The van der Waals surface area contributed by atoms with Crippen molar-refractivity contribution in [1.82, 2.24) is 0 Å². The molecule has 0 amide bonds. The molecule has 0 aromatic rings. The van der Waals surface area contributed by atoms with E-state index in [1.165, 1.54) is 20.3 Å². The number of aliphatic hydroxyl groups excluding tert-OH is 1. The third-order valence-corrected chi connectivity index (χ3v) is 3.30. The highest BCUT2D eigenvalue weighted by molar-refractivity contribution is 5.97. The molecule has 0 radical (unpaired) electrons. The van der Waals surface area contributed by atoms with Crippen LogP contribution in [0.25, 0.3) is 0 Å². The smallest absolute Gasteiger partial charge is 0.318 e. The van der Waals surface area contributed by atoms with E-state index < -0.39 is 18.2 Å². The molecule has 0 aliphatic rings. The summed E-state index contributed by atoms with van der Waals surface area (Å²) in [6.45, 7) is 9.23. The van der Waals surface area contributed by atoms with Gasteiger partial charge < -0.3 is 9.84 Å². The van der Waals surface area contributed by atoms with Crippen LogP contribution < -0.4 is 0 Å². The van der Waals surface area contributed by atoms with Gasteiger partial charge in [-0.15, -0.1) is 0 Å². The summed E-state index contributed by atoms with van der Waals surface area (Å²) in [6.07, 6.45) is 2.61. The zero-order valence-corrected chi connectivity index (χ0v) is 12.8. The number of carbonyl (C=O) groups excluding carboxylic acids is 2. The summed E-state index contributed by atoms with van der Waals surface area (Å²) in [5.41, 5.74) is 0. The van der Waals surface area contributed by atoms with E-state index in [2.05, 4.69) is 13.8 Å². The number of esters is 1. The van der Waals surface area contributed by atoms with Crippen LogP contribution in [0.2, 0.25) is 0 Å². The number of Topliss-reactive ketones (excluding diaryl/α,β-unsaturated/α-hetero) is 1. The Kier molecular flexibility index (Phi) is 8.65. The molecule has 0 fully saturated rings. The van der Waals surface area contributed by atoms with Gasteiger partial charge in [-0.05, 0) is 25.7 Å². The minimum Gasteiger partial charge on any atom is -0.435 e. The molecule has 0 aromatic heterocycles. The predicted molar refractivity (Wildman–Crippen MR) is 74.4 cm³/mol. The van der Waals surface area contributed by atoms with Crippen LogP contribution in [-0.4, -0.2) is 23.1 Å². The van der Waals surface area contributed by atoms with Crippen molar-refractivity contribution in [3.63, 3.8) is 0 Å². The molecule has 0 saturated heterocycles. The van der Waals surface area contributed by atoms with Crippen molar-refractivity contribution in [1.29, 1.82) is 0 Å². The number of rotatable bonds is 9. The highest BCUT2D eigenvalue weighted by atomic mass is 16.6. The van der Waals surface area contributed by atoms with Crippen molar-refractivity contribution < 1.29 is 19.4 Å². The fraction of sp³-hybridized carbons (Fsp3) is 0.867. The van der Waals surface area contributed by atoms with Crippen LogP contribution in [0.5, 0.6) is 0 Å². The lowest BCUT2D eigenvalue weighted by molar-refractivity contribution is -0.175. The third-order valence-electron chi connectivity index (χ3n) is 3.30. The molecule has 0 rings (SSSR count). The summed E-state index contributed by atoms with van der Waals surface area (Å²) in [6, 6.07) is 0. The van der Waals surface area contributed by atoms with Gasteiger partial charge >= 0.3 is 5.97 Å². The maximum Gasteiger partial charge on any atom is 0.318 e. The monoisotopic (exact) mass is 272 g/mol. The summed E-state index contributed by atoms with van der Waals surface area (Å²) < 4.78 is 4.87. The van der Waals surface area contributed by atoms with Gasteiger partial charge in [-0.25, -0.2) is 0 Å². The Labute approximate surface area is 116 Å². The van der Waals surface area contributed by atoms with Gasteiger partial charge in [0.25, 0.3) is 0 Å². The Morgan fingerprint density at radius 1 is 1.11 bits per heavy atom. The van der Waals surface area contributed by atoms with Gasteiger partial charge in [0.05, 0.1) is 0 Å². The van der Waals surface area contributed by atoms with Crippen LogP contribution in [0.4, 0.5) is 0 Å². The van der Waals surface area contributed by atoms with Crippen molar-refractivity contribution in [3.05, 3.63) is 0 Å². The molecule has 0 aliphatic carbocycles. The van der Waals surface area contributed by atoms with E-state index in [4.69, 9.17) is 4.74 Å². The molecule has 0 heterocycles. The Balaban J connectivity index is 3.93. The van der Waals surface area contributed by atoms with Crippen LogP contribution >= 0.6 is 0 Å². The first-order valence-electron chi connectivity index (χ1n) is 7.13. The zero-order chi connectivity index (χ0) is 15.0. The molecule has 0 aliphatic heterocycles. The Hall–Kier alpha value is -0.900. The highest BCUT2D eigenvalue weighted by Gasteiger charge is 2.22. The second-order valence-electron chi connectivity index (χ2n) is 5.89. The fourth-order valence-electron chi connectivity index (χ4n) is 1.79. The van der Waals surface area contributed by atoms with E-state index in [9.17, 15) is 14.7 Å². The van der Waals surface area contributed by atoms with Crippen LogP contribution in [-0.2, 0) is 14.3 Å². The SMILES string of the molecule is CC(=O)C(C)C(=O)OC(O)CC(C)CCCC(C)C. The first-order valence-corrected chi connectivity index (χ1v) is 7.13. The molecule has 1 N–H and O–H groups in total. The van der Waals surface area contributed by atoms with E-state index in [1.54, 1.807) is 0 Å². The Morgan fingerprint density at radius 2 is 1.68 bits per heavy atom. The largest absolute Gasteiger partial charge is 0.435 e. The second-order valence-corrected chi connectivity index (χ2v) is 5.89. The Morgan fingerprint density at radius 3 is 2.16 bits per heavy atom. The minimum absolute atomic E-state index is 0.248. The van der Waals surface area contributed by atoms with Crippen molar-refractivity contribution in [2.75, 3.05) is 0 Å². The van der Waals surface area contributed by atoms with Gasteiger partial charge in [0, 0.05) is 6.42 Å². The lowest BCUT2D eigenvalue weighted by Gasteiger charge is -2.18. The molecule has 112 valence electrons. The molecule has 0 aromatic carbocycles. The zero-order valence-electron chi connectivity index (χ0n) is 12.8. The van der Waals surface area contributed by atoms with E-state index >= 15 is 0 Å². The van der Waals surface area contributed by atoms with Crippen molar-refractivity contribution in [3.8, 4) is 0 Å². The molecule has 19 heavy (non-hydrogen) atoms. The standard InChI is InChI=1S/C15H28O4/c1-10(2)7-6-8-11(3)9-14(17)19-15(18)12(4)13(5)16/h10-12,14,17H,6-9H2,1-5H3. The number of hydrogen-bond acceptors (Lipinski definition) is 4. The average molecular weight is 272 g/mol. The van der Waals surface area contributed by atoms with E-state index in [-0.39, 0.29) is 5.78 Å². The van der Waals surface area contributed by atoms with E-state index in [0.717, 1.165) is 12.8 Å². The number of hydrogen-bond donors (Lipinski definition) is 1. The molecule has 4 nitrogen and oxygen atoms in total. The lowest BCUT2D eigenvalue weighted by atomic mass is 9.97. The molecule has 3 unspecified atom stereocenters. The molecule has 4 heteroatoms. The van der Waals surface area contributed by atoms with Crippen molar-refractivity contribution >= 4 is 11.8 Å². The van der Waals surface area contributed by atoms with E-state index in [1.807, 2.05) is 6.92 Å². The molecule has 0 spiro atoms. The first-order chi connectivity index (χ1) is 8.73. The van der Waals surface area contributed by atoms with E-state index in [0.29, 0.717) is 18.3 Å². The summed E-state index contributed by atoms with van der Waals surface area (Å²) in [7, 11) is 0. The molecule has 3 atom stereocenters. The first kappa shape index (κ1) is 18.1. The third kappa shape index (κ3) is 8.76. The lowest BCUT2D eigenvalue weighted by Crippen LogP contribution is -2.27. The van der Waals surface area contributed by atoms with Gasteiger partial charge in [0.1, 0.15) is 11.7 Å². The number of carbonyl (C=O) groups is 2. The molecular formula is C15H28O4. The maximum atomic E-state index is 11.5. The molecular weight excluding hydrogens is 244 g/mol. The minimum atomic E-state index is -1.11. The summed E-state index contributed by atoms with van der Waals surface area (Å²) in [5, 5.41) is 9.67.